The second-order valence-electron chi connectivity index (χ2n) is 4.31. The summed E-state index contributed by atoms with van der Waals surface area (Å²) in [5.41, 5.74) is 2.42. The van der Waals surface area contributed by atoms with Gasteiger partial charge in [0.15, 0.2) is 11.5 Å². The number of rotatable bonds is 2. The van der Waals surface area contributed by atoms with E-state index in [0.29, 0.717) is 23.5 Å². The summed E-state index contributed by atoms with van der Waals surface area (Å²) in [5, 5.41) is 14.3. The van der Waals surface area contributed by atoms with Crippen molar-refractivity contribution in [2.24, 2.45) is 0 Å². The quantitative estimate of drug-likeness (QED) is 0.555. The minimum Gasteiger partial charge on any atom is -0.453 e. The van der Waals surface area contributed by atoms with Crippen LogP contribution in [0.2, 0.25) is 0 Å². The zero-order valence-corrected chi connectivity index (χ0v) is 10.3. The Morgan fingerprint density at radius 1 is 1.21 bits per heavy atom. The predicted octanol–water partition coefficient (Wildman–Crippen LogP) is 4.01. The Morgan fingerprint density at radius 2 is 2.00 bits per heavy atom. The first-order chi connectivity index (χ1) is 9.19. The van der Waals surface area contributed by atoms with Crippen molar-refractivity contribution in [2.75, 3.05) is 5.32 Å². The molecule has 1 heterocycles. The van der Waals surface area contributed by atoms with E-state index in [1.165, 1.54) is 6.07 Å². The summed E-state index contributed by atoms with van der Waals surface area (Å²) in [6.07, 6.45) is 0.604. The van der Waals surface area contributed by atoms with E-state index in [1.807, 2.05) is 31.2 Å². The van der Waals surface area contributed by atoms with E-state index in [-0.39, 0.29) is 10.6 Å². The number of anilines is 2. The molecule has 3 rings (SSSR count). The summed E-state index contributed by atoms with van der Waals surface area (Å²) in [7, 11) is 0. The fourth-order valence-corrected chi connectivity index (χ4v) is 2.17. The number of para-hydroxylation sites is 2. The van der Waals surface area contributed by atoms with Crippen LogP contribution >= 0.6 is 0 Å². The third-order valence-electron chi connectivity index (χ3n) is 3.13. The van der Waals surface area contributed by atoms with Crippen LogP contribution in [0.15, 0.2) is 36.4 Å². The molecule has 0 saturated heterocycles. The molecule has 0 fully saturated rings. The number of aryl methyl sites for hydroxylation is 1. The van der Waals surface area contributed by atoms with Gasteiger partial charge in [0.2, 0.25) is 0 Å². The average molecular weight is 256 g/mol. The summed E-state index contributed by atoms with van der Waals surface area (Å²) in [6, 6.07) is 10.8. The van der Waals surface area contributed by atoms with Gasteiger partial charge in [-0.3, -0.25) is 10.1 Å². The number of hydrogen-bond acceptors (Lipinski definition) is 4. The highest BCUT2D eigenvalue weighted by Crippen LogP contribution is 2.44. The van der Waals surface area contributed by atoms with Gasteiger partial charge in [-0.25, -0.2) is 0 Å². The summed E-state index contributed by atoms with van der Waals surface area (Å²) in [4.78, 5) is 10.7. The third-order valence-corrected chi connectivity index (χ3v) is 3.13. The highest BCUT2D eigenvalue weighted by Gasteiger charge is 2.22. The smallest absolute Gasteiger partial charge is 0.276 e. The summed E-state index contributed by atoms with van der Waals surface area (Å²) in [6.45, 7) is 1.90. The highest BCUT2D eigenvalue weighted by atomic mass is 16.6. The molecule has 0 unspecified atom stereocenters. The van der Waals surface area contributed by atoms with Crippen LogP contribution in [-0.2, 0) is 6.42 Å². The topological polar surface area (TPSA) is 64.4 Å². The molecule has 19 heavy (non-hydrogen) atoms. The molecule has 2 aromatic rings. The van der Waals surface area contributed by atoms with Crippen molar-refractivity contribution in [3.8, 4) is 11.5 Å². The lowest BCUT2D eigenvalue weighted by molar-refractivity contribution is -0.385. The lowest BCUT2D eigenvalue weighted by Gasteiger charge is -2.22. The van der Waals surface area contributed by atoms with Crippen LogP contribution in [0.1, 0.15) is 12.5 Å². The van der Waals surface area contributed by atoms with Crippen molar-refractivity contribution in [1.82, 2.24) is 0 Å². The second-order valence-corrected chi connectivity index (χ2v) is 4.31. The molecule has 5 heteroatoms. The van der Waals surface area contributed by atoms with Gasteiger partial charge in [0.25, 0.3) is 5.69 Å². The molecule has 1 aliphatic heterocycles. The minimum atomic E-state index is -0.372. The molecule has 1 N–H and O–H groups in total. The van der Waals surface area contributed by atoms with Crippen LogP contribution in [0.25, 0.3) is 0 Å². The maximum Gasteiger partial charge on any atom is 0.276 e. The Balaban J connectivity index is 2.11. The van der Waals surface area contributed by atoms with Crippen LogP contribution in [-0.4, -0.2) is 4.92 Å². The number of nitro groups is 1. The van der Waals surface area contributed by atoms with Crippen molar-refractivity contribution < 1.29 is 9.66 Å². The summed E-state index contributed by atoms with van der Waals surface area (Å²) in [5.74, 6) is 1.16. The molecular weight excluding hydrogens is 244 g/mol. The number of ether oxygens (including phenoxy) is 1. The number of nitrogens with one attached hydrogen (secondary N) is 1. The number of nitrogens with zero attached hydrogens (tertiary/aromatic N) is 1. The van der Waals surface area contributed by atoms with E-state index >= 15 is 0 Å². The Bertz CT molecular complexity index is 668. The Morgan fingerprint density at radius 3 is 2.74 bits per heavy atom. The van der Waals surface area contributed by atoms with Crippen LogP contribution < -0.4 is 10.1 Å². The van der Waals surface area contributed by atoms with E-state index < -0.39 is 0 Å². The zero-order valence-electron chi connectivity index (χ0n) is 10.3. The second kappa shape index (κ2) is 4.28. The lowest BCUT2D eigenvalue weighted by atomic mass is 10.1. The van der Waals surface area contributed by atoms with Crippen LogP contribution in [0.3, 0.4) is 0 Å². The summed E-state index contributed by atoms with van der Waals surface area (Å²) < 4.78 is 5.70. The molecule has 0 aromatic heterocycles. The molecule has 0 atom stereocenters. The number of benzene rings is 2. The van der Waals surface area contributed by atoms with E-state index in [1.54, 1.807) is 6.07 Å². The van der Waals surface area contributed by atoms with Crippen molar-refractivity contribution >= 4 is 17.1 Å². The van der Waals surface area contributed by atoms with Gasteiger partial charge in [0.1, 0.15) is 0 Å². The molecule has 0 bridgehead atoms. The van der Waals surface area contributed by atoms with Crippen LogP contribution in [0.4, 0.5) is 17.1 Å². The Labute approximate surface area is 110 Å². The first-order valence-corrected chi connectivity index (χ1v) is 6.04. The van der Waals surface area contributed by atoms with Gasteiger partial charge in [-0.15, -0.1) is 0 Å². The fourth-order valence-electron chi connectivity index (χ4n) is 2.17. The standard InChI is InChI=1S/C14H12N2O3/c1-2-9-7-11-14(8-12(9)16(17)18)19-13-6-4-3-5-10(13)15-11/h3-8,15H,2H2,1H3. The minimum absolute atomic E-state index is 0.0995. The molecule has 96 valence electrons. The van der Waals surface area contributed by atoms with Gasteiger partial charge < -0.3 is 10.1 Å². The first-order valence-electron chi connectivity index (χ1n) is 6.04. The normalized spacial score (nSPS) is 11.8. The van der Waals surface area contributed by atoms with E-state index in [9.17, 15) is 10.1 Å². The highest BCUT2D eigenvalue weighted by molar-refractivity contribution is 5.77. The van der Waals surface area contributed by atoms with Crippen molar-refractivity contribution in [3.05, 3.63) is 52.1 Å². The van der Waals surface area contributed by atoms with Crippen molar-refractivity contribution in [3.63, 3.8) is 0 Å². The molecule has 1 aliphatic rings. The van der Waals surface area contributed by atoms with Gasteiger partial charge in [-0.2, -0.15) is 0 Å². The van der Waals surface area contributed by atoms with Gasteiger partial charge >= 0.3 is 0 Å². The zero-order chi connectivity index (χ0) is 13.4. The van der Waals surface area contributed by atoms with Crippen LogP contribution in [0.5, 0.6) is 11.5 Å². The van der Waals surface area contributed by atoms with Crippen LogP contribution in [0, 0.1) is 10.1 Å². The molecule has 5 nitrogen and oxygen atoms in total. The SMILES string of the molecule is CCc1cc2c(cc1[N+](=O)[O-])Oc1ccccc1N2. The van der Waals surface area contributed by atoms with E-state index in [4.69, 9.17) is 4.74 Å². The largest absolute Gasteiger partial charge is 0.453 e. The number of nitro benzene ring substituents is 1. The monoisotopic (exact) mass is 256 g/mol. The van der Waals surface area contributed by atoms with E-state index in [0.717, 1.165) is 11.4 Å². The molecule has 2 aromatic carbocycles. The summed E-state index contributed by atoms with van der Waals surface area (Å²) >= 11 is 0. The lowest BCUT2D eigenvalue weighted by Crippen LogP contribution is -2.05. The number of fused-ring (bicyclic) bond motifs is 2. The number of hydrogen-bond donors (Lipinski definition) is 1. The fraction of sp³-hybridized carbons (Fsp3) is 0.143. The maximum absolute atomic E-state index is 11.0. The van der Waals surface area contributed by atoms with Crippen molar-refractivity contribution in [2.45, 2.75) is 13.3 Å². The Kier molecular flexibility index (Phi) is 2.59. The molecule has 0 spiro atoms. The average Bonchev–Trinajstić information content (AvgIpc) is 2.43. The van der Waals surface area contributed by atoms with Gasteiger partial charge in [-0.05, 0) is 24.6 Å². The van der Waals surface area contributed by atoms with E-state index in [2.05, 4.69) is 5.32 Å². The van der Waals surface area contributed by atoms with Crippen molar-refractivity contribution in [1.29, 1.82) is 0 Å². The molecule has 0 saturated carbocycles. The van der Waals surface area contributed by atoms with Gasteiger partial charge in [0.05, 0.1) is 22.4 Å². The molecule has 0 aliphatic carbocycles. The molecule has 0 radical (unpaired) electrons. The van der Waals surface area contributed by atoms with Gasteiger partial charge in [0, 0.05) is 5.56 Å². The third kappa shape index (κ3) is 1.89. The molecule has 0 amide bonds. The predicted molar refractivity (Wildman–Crippen MR) is 72.3 cm³/mol. The first kappa shape index (κ1) is 11.5. The Hall–Kier alpha value is -2.56. The molecular formula is C14H12N2O3. The van der Waals surface area contributed by atoms with Gasteiger partial charge in [-0.1, -0.05) is 19.1 Å². The maximum atomic E-state index is 11.0.